The Bertz CT molecular complexity index is 188. The molecule has 0 radical (unpaired) electrons. The smallest absolute Gasteiger partial charge is 0.305 e. The average Bonchev–Trinajstić information content (AvgIpc) is 2.11. The SMILES string of the molecule is CCOC(=O)CCCCCN=C=S. The van der Waals surface area contributed by atoms with Crippen molar-refractivity contribution in [2.24, 2.45) is 4.99 Å². The molecule has 0 amide bonds. The minimum atomic E-state index is -0.110. The van der Waals surface area contributed by atoms with Gasteiger partial charge in [-0.25, -0.2) is 4.99 Å². The number of rotatable bonds is 7. The fourth-order valence-corrected chi connectivity index (χ4v) is 1.01. The third-order valence-corrected chi connectivity index (χ3v) is 1.65. The number of carbonyl (C=O) groups excluding carboxylic acids is 1. The van der Waals surface area contributed by atoms with Crippen LogP contribution in [0.5, 0.6) is 0 Å². The average molecular weight is 201 g/mol. The van der Waals surface area contributed by atoms with E-state index in [1.807, 2.05) is 6.92 Å². The molecule has 4 heteroatoms. The molecule has 0 aromatic carbocycles. The fourth-order valence-electron chi connectivity index (χ4n) is 0.916. The zero-order chi connectivity index (χ0) is 9.94. The van der Waals surface area contributed by atoms with E-state index in [2.05, 4.69) is 22.4 Å². The number of thiocarbonyl (C=S) groups is 1. The summed E-state index contributed by atoms with van der Waals surface area (Å²) in [4.78, 5) is 14.6. The maximum atomic E-state index is 10.9. The van der Waals surface area contributed by atoms with Crippen LogP contribution in [0.1, 0.15) is 32.6 Å². The van der Waals surface area contributed by atoms with Gasteiger partial charge in [-0.15, -0.1) is 0 Å². The molecule has 0 saturated carbocycles. The lowest BCUT2D eigenvalue weighted by molar-refractivity contribution is -0.143. The minimum Gasteiger partial charge on any atom is -0.466 e. The highest BCUT2D eigenvalue weighted by Gasteiger charge is 1.99. The molecule has 0 aromatic rings. The van der Waals surface area contributed by atoms with E-state index < -0.39 is 0 Å². The normalized spacial score (nSPS) is 9.00. The van der Waals surface area contributed by atoms with Crippen LogP contribution >= 0.6 is 12.2 Å². The first-order chi connectivity index (χ1) is 6.31. The van der Waals surface area contributed by atoms with E-state index in [4.69, 9.17) is 4.74 Å². The molecule has 0 aliphatic carbocycles. The molecule has 0 N–H and O–H groups in total. The van der Waals surface area contributed by atoms with E-state index in [-0.39, 0.29) is 5.97 Å². The van der Waals surface area contributed by atoms with Crippen LogP contribution in [0.4, 0.5) is 0 Å². The van der Waals surface area contributed by atoms with Gasteiger partial charge in [0, 0.05) is 13.0 Å². The van der Waals surface area contributed by atoms with Gasteiger partial charge >= 0.3 is 5.97 Å². The number of ether oxygens (including phenoxy) is 1. The molecule has 0 atom stereocenters. The van der Waals surface area contributed by atoms with E-state index in [1.54, 1.807) is 0 Å². The molecule has 0 fully saturated rings. The predicted octanol–water partition coefficient (Wildman–Crippen LogP) is 2.21. The number of hydrogen-bond donors (Lipinski definition) is 0. The van der Waals surface area contributed by atoms with Crippen molar-refractivity contribution in [1.29, 1.82) is 0 Å². The lowest BCUT2D eigenvalue weighted by Crippen LogP contribution is -2.03. The van der Waals surface area contributed by atoms with E-state index in [9.17, 15) is 4.79 Å². The summed E-state index contributed by atoms with van der Waals surface area (Å²) in [6.45, 7) is 2.99. The molecule has 0 aliphatic rings. The molecule has 3 nitrogen and oxygen atoms in total. The molecule has 0 aromatic heterocycles. The number of esters is 1. The van der Waals surface area contributed by atoms with E-state index in [0.29, 0.717) is 19.6 Å². The van der Waals surface area contributed by atoms with Crippen molar-refractivity contribution in [1.82, 2.24) is 0 Å². The van der Waals surface area contributed by atoms with Crippen LogP contribution in [0.3, 0.4) is 0 Å². The molecule has 0 saturated heterocycles. The van der Waals surface area contributed by atoms with Gasteiger partial charge in [-0.05, 0) is 32.0 Å². The number of nitrogens with zero attached hydrogens (tertiary/aromatic N) is 1. The van der Waals surface area contributed by atoms with Gasteiger partial charge in [0.15, 0.2) is 0 Å². The van der Waals surface area contributed by atoms with Crippen LogP contribution in [0.15, 0.2) is 4.99 Å². The first-order valence-electron chi connectivity index (χ1n) is 4.50. The van der Waals surface area contributed by atoms with Crippen molar-refractivity contribution in [2.75, 3.05) is 13.2 Å². The molecule has 0 rings (SSSR count). The third kappa shape index (κ3) is 9.18. The first-order valence-corrected chi connectivity index (χ1v) is 4.91. The van der Waals surface area contributed by atoms with Gasteiger partial charge in [-0.3, -0.25) is 4.79 Å². The van der Waals surface area contributed by atoms with Gasteiger partial charge in [0.2, 0.25) is 0 Å². The summed E-state index contributed by atoms with van der Waals surface area (Å²) in [5.41, 5.74) is 0. The Labute approximate surface area is 84.2 Å². The van der Waals surface area contributed by atoms with E-state index in [1.165, 1.54) is 0 Å². The summed E-state index contributed by atoms with van der Waals surface area (Å²) in [5.74, 6) is -0.110. The number of carbonyl (C=O) groups is 1. The van der Waals surface area contributed by atoms with E-state index in [0.717, 1.165) is 19.3 Å². The highest BCUT2D eigenvalue weighted by molar-refractivity contribution is 7.78. The molecule has 0 bridgehead atoms. The van der Waals surface area contributed by atoms with Crippen molar-refractivity contribution < 1.29 is 9.53 Å². The van der Waals surface area contributed by atoms with Crippen molar-refractivity contribution in [2.45, 2.75) is 32.6 Å². The molecule has 0 heterocycles. The number of unbranched alkanes of at least 4 members (excludes halogenated alkanes) is 2. The van der Waals surface area contributed by atoms with Gasteiger partial charge in [-0.1, -0.05) is 6.42 Å². The molecule has 0 unspecified atom stereocenters. The summed E-state index contributed by atoms with van der Waals surface area (Å²) in [6, 6.07) is 0. The molecular formula is C9H15NO2S. The summed E-state index contributed by atoms with van der Waals surface area (Å²) in [7, 11) is 0. The van der Waals surface area contributed by atoms with Gasteiger partial charge in [-0.2, -0.15) is 0 Å². The Morgan fingerprint density at radius 2 is 2.23 bits per heavy atom. The Balaban J connectivity index is 3.15. The highest BCUT2D eigenvalue weighted by atomic mass is 32.1. The van der Waals surface area contributed by atoms with E-state index >= 15 is 0 Å². The third-order valence-electron chi connectivity index (χ3n) is 1.52. The second-order valence-corrected chi connectivity index (χ2v) is 2.77. The fraction of sp³-hybridized carbons (Fsp3) is 0.778. The maximum absolute atomic E-state index is 10.9. The van der Waals surface area contributed by atoms with Crippen LogP contribution in [0.25, 0.3) is 0 Å². The van der Waals surface area contributed by atoms with Crippen molar-refractivity contribution in [3.8, 4) is 0 Å². The van der Waals surface area contributed by atoms with Gasteiger partial charge in [0.25, 0.3) is 0 Å². The van der Waals surface area contributed by atoms with Gasteiger partial charge < -0.3 is 4.74 Å². The Kier molecular flexibility index (Phi) is 8.83. The standard InChI is InChI=1S/C9H15NO2S/c1-2-12-9(11)6-4-3-5-7-10-8-13/h2-7H2,1H3. The number of hydrogen-bond acceptors (Lipinski definition) is 4. The van der Waals surface area contributed by atoms with Crippen LogP contribution in [-0.4, -0.2) is 24.3 Å². The van der Waals surface area contributed by atoms with Crippen LogP contribution in [0, 0.1) is 0 Å². The molecule has 74 valence electrons. The second kappa shape index (κ2) is 9.36. The largest absolute Gasteiger partial charge is 0.466 e. The zero-order valence-corrected chi connectivity index (χ0v) is 8.73. The number of aliphatic imine (C=N–C) groups is 1. The van der Waals surface area contributed by atoms with Gasteiger partial charge in [0.05, 0.1) is 11.8 Å². The summed E-state index contributed by atoms with van der Waals surface area (Å²) < 4.78 is 4.78. The van der Waals surface area contributed by atoms with Gasteiger partial charge in [0.1, 0.15) is 0 Å². The molecular weight excluding hydrogens is 186 g/mol. The van der Waals surface area contributed by atoms with Crippen LogP contribution in [0.2, 0.25) is 0 Å². The van der Waals surface area contributed by atoms with Crippen molar-refractivity contribution in [3.63, 3.8) is 0 Å². The Morgan fingerprint density at radius 3 is 2.85 bits per heavy atom. The lowest BCUT2D eigenvalue weighted by atomic mass is 10.2. The summed E-state index contributed by atoms with van der Waals surface area (Å²) >= 11 is 4.42. The predicted molar refractivity (Wildman–Crippen MR) is 55.0 cm³/mol. The van der Waals surface area contributed by atoms with Crippen molar-refractivity contribution >= 4 is 23.3 Å². The second-order valence-electron chi connectivity index (χ2n) is 2.59. The molecule has 0 aliphatic heterocycles. The quantitative estimate of drug-likeness (QED) is 0.274. The minimum absolute atomic E-state index is 0.110. The molecule has 0 spiro atoms. The number of isothiocyanates is 1. The van der Waals surface area contributed by atoms with Crippen LogP contribution < -0.4 is 0 Å². The first kappa shape index (κ1) is 12.3. The van der Waals surface area contributed by atoms with Crippen LogP contribution in [-0.2, 0) is 9.53 Å². The Hall–Kier alpha value is -0.730. The monoisotopic (exact) mass is 201 g/mol. The highest BCUT2D eigenvalue weighted by Crippen LogP contribution is 2.01. The summed E-state index contributed by atoms with van der Waals surface area (Å²) in [6.07, 6.45) is 3.32. The Morgan fingerprint density at radius 1 is 1.46 bits per heavy atom. The lowest BCUT2D eigenvalue weighted by Gasteiger charge is -2.00. The van der Waals surface area contributed by atoms with Crippen molar-refractivity contribution in [3.05, 3.63) is 0 Å². The molecule has 13 heavy (non-hydrogen) atoms. The maximum Gasteiger partial charge on any atom is 0.305 e. The topological polar surface area (TPSA) is 38.7 Å². The summed E-state index contributed by atoms with van der Waals surface area (Å²) in [5, 5.41) is 2.30. The zero-order valence-electron chi connectivity index (χ0n) is 7.91.